The molecule has 1 heterocycles. The molecule has 1 aromatic carbocycles. The minimum Gasteiger partial charge on any atom is -0.383 e. The third kappa shape index (κ3) is 4.93. The van der Waals surface area contributed by atoms with Crippen molar-refractivity contribution in [3.8, 4) is 0 Å². The number of methoxy groups -OCH3 is 1. The van der Waals surface area contributed by atoms with E-state index in [1.54, 1.807) is 7.11 Å². The molecule has 0 aliphatic carbocycles. The highest BCUT2D eigenvalue weighted by Crippen LogP contribution is 2.22. The van der Waals surface area contributed by atoms with Crippen LogP contribution in [-0.4, -0.2) is 55.1 Å². The highest BCUT2D eigenvalue weighted by molar-refractivity contribution is 6.31. The molecule has 1 atom stereocenters. The quantitative estimate of drug-likeness (QED) is 0.765. The molecule has 4 nitrogen and oxygen atoms in total. The molecule has 5 heteroatoms. The zero-order valence-corrected chi connectivity index (χ0v) is 14.9. The number of halogens is 1. The number of rotatable bonds is 7. The molecule has 1 aliphatic heterocycles. The van der Waals surface area contributed by atoms with Gasteiger partial charge in [0.15, 0.2) is 0 Å². The normalized spacial score (nSPS) is 18.8. The largest absolute Gasteiger partial charge is 0.383 e. The highest BCUT2D eigenvalue weighted by atomic mass is 35.5. The molecule has 0 N–H and O–H groups in total. The van der Waals surface area contributed by atoms with E-state index in [9.17, 15) is 4.79 Å². The number of piperidine rings is 1. The van der Waals surface area contributed by atoms with Crippen molar-refractivity contribution in [2.75, 3.05) is 33.4 Å². The lowest BCUT2D eigenvalue weighted by molar-refractivity contribution is -0.139. The van der Waals surface area contributed by atoms with Gasteiger partial charge in [-0.25, -0.2) is 0 Å². The van der Waals surface area contributed by atoms with Gasteiger partial charge in [0.1, 0.15) is 0 Å². The summed E-state index contributed by atoms with van der Waals surface area (Å²) in [7, 11) is 1.66. The van der Waals surface area contributed by atoms with E-state index in [-0.39, 0.29) is 11.9 Å². The van der Waals surface area contributed by atoms with Crippen molar-refractivity contribution in [2.45, 2.75) is 38.8 Å². The smallest absolute Gasteiger partial charge is 0.240 e. The van der Waals surface area contributed by atoms with Crippen LogP contribution >= 0.6 is 11.6 Å². The topological polar surface area (TPSA) is 32.8 Å². The molecule has 0 spiro atoms. The molecule has 1 amide bonds. The summed E-state index contributed by atoms with van der Waals surface area (Å²) < 4.78 is 5.19. The van der Waals surface area contributed by atoms with Gasteiger partial charge in [-0.3, -0.25) is 9.69 Å². The second kappa shape index (κ2) is 9.26. The summed E-state index contributed by atoms with van der Waals surface area (Å²) in [4.78, 5) is 17.3. The first-order chi connectivity index (χ1) is 11.2. The van der Waals surface area contributed by atoms with Gasteiger partial charge in [0.05, 0.1) is 12.6 Å². The summed E-state index contributed by atoms with van der Waals surface area (Å²) in [5.41, 5.74) is 0.984. The van der Waals surface area contributed by atoms with Gasteiger partial charge in [-0.05, 0) is 37.6 Å². The first kappa shape index (κ1) is 18.2. The van der Waals surface area contributed by atoms with E-state index in [2.05, 4.69) is 11.8 Å². The Labute approximate surface area is 144 Å². The van der Waals surface area contributed by atoms with Crippen LogP contribution in [0, 0.1) is 0 Å². The fraction of sp³-hybridized carbons (Fsp3) is 0.611. The van der Waals surface area contributed by atoms with Gasteiger partial charge in [0.2, 0.25) is 5.91 Å². The van der Waals surface area contributed by atoms with Gasteiger partial charge in [0, 0.05) is 25.2 Å². The molecule has 128 valence electrons. The Bertz CT molecular complexity index is 510. The summed E-state index contributed by atoms with van der Waals surface area (Å²) >= 11 is 6.27. The number of hydrogen-bond acceptors (Lipinski definition) is 3. The molecule has 23 heavy (non-hydrogen) atoms. The Morgan fingerprint density at radius 1 is 1.39 bits per heavy atom. The molecular weight excluding hydrogens is 312 g/mol. The zero-order chi connectivity index (χ0) is 16.7. The van der Waals surface area contributed by atoms with Crippen molar-refractivity contribution >= 4 is 17.5 Å². The standard InChI is InChI=1S/C18H27ClN2O2/c1-3-20-11-7-6-10-17(20)18(22)21(12-13-23-2)14-15-8-4-5-9-16(15)19/h4-5,8-9,17H,3,6-7,10-14H2,1-2H3/t17-/m1/s1. The fourth-order valence-corrected chi connectivity index (χ4v) is 3.36. The number of nitrogens with zero attached hydrogens (tertiary/aromatic N) is 2. The summed E-state index contributed by atoms with van der Waals surface area (Å²) in [5, 5.41) is 0.707. The van der Waals surface area contributed by atoms with Gasteiger partial charge >= 0.3 is 0 Å². The lowest BCUT2D eigenvalue weighted by Crippen LogP contribution is -2.51. The Balaban J connectivity index is 2.13. The molecule has 1 fully saturated rings. The van der Waals surface area contributed by atoms with Crippen molar-refractivity contribution in [1.82, 2.24) is 9.80 Å². The molecule has 2 rings (SSSR count). The summed E-state index contributed by atoms with van der Waals surface area (Å²) in [6.45, 7) is 5.72. The number of hydrogen-bond donors (Lipinski definition) is 0. The van der Waals surface area contributed by atoms with Gasteiger partial charge in [-0.15, -0.1) is 0 Å². The lowest BCUT2D eigenvalue weighted by Gasteiger charge is -2.37. The van der Waals surface area contributed by atoms with Crippen LogP contribution in [0.25, 0.3) is 0 Å². The highest BCUT2D eigenvalue weighted by Gasteiger charge is 2.31. The maximum atomic E-state index is 13.1. The maximum absolute atomic E-state index is 13.1. The molecule has 1 aliphatic rings. The van der Waals surface area contributed by atoms with Crippen molar-refractivity contribution in [3.63, 3.8) is 0 Å². The van der Waals surface area contributed by atoms with Crippen molar-refractivity contribution in [3.05, 3.63) is 34.9 Å². The summed E-state index contributed by atoms with van der Waals surface area (Å²) in [6, 6.07) is 7.71. The van der Waals surface area contributed by atoms with Crippen molar-refractivity contribution < 1.29 is 9.53 Å². The molecule has 1 saturated heterocycles. The Hall–Kier alpha value is -1.10. The summed E-state index contributed by atoms with van der Waals surface area (Å²) in [6.07, 6.45) is 3.25. The first-order valence-electron chi connectivity index (χ1n) is 8.42. The number of ether oxygens (including phenoxy) is 1. The number of benzene rings is 1. The zero-order valence-electron chi connectivity index (χ0n) is 14.1. The number of amides is 1. The number of likely N-dealkylation sites (N-methyl/N-ethyl adjacent to an activating group) is 1. The van der Waals surface area contributed by atoms with E-state index in [0.29, 0.717) is 24.7 Å². The van der Waals surface area contributed by atoms with Crippen LogP contribution in [0.15, 0.2) is 24.3 Å². The molecule has 0 unspecified atom stereocenters. The van der Waals surface area contributed by atoms with Gasteiger partial charge in [0.25, 0.3) is 0 Å². The van der Waals surface area contributed by atoms with Gasteiger partial charge < -0.3 is 9.64 Å². The Morgan fingerprint density at radius 2 is 2.17 bits per heavy atom. The second-order valence-electron chi connectivity index (χ2n) is 5.98. The minimum atomic E-state index is -0.00639. The Kier molecular flexibility index (Phi) is 7.34. The van der Waals surface area contributed by atoms with Crippen LogP contribution in [0.2, 0.25) is 5.02 Å². The van der Waals surface area contributed by atoms with E-state index in [1.165, 1.54) is 6.42 Å². The predicted molar refractivity (Wildman–Crippen MR) is 93.6 cm³/mol. The summed E-state index contributed by atoms with van der Waals surface area (Å²) in [5.74, 6) is 0.198. The first-order valence-corrected chi connectivity index (χ1v) is 8.80. The monoisotopic (exact) mass is 338 g/mol. The van der Waals surface area contributed by atoms with Crippen LogP contribution < -0.4 is 0 Å². The van der Waals surface area contributed by atoms with Gasteiger partial charge in [-0.1, -0.05) is 43.1 Å². The van der Waals surface area contributed by atoms with Crippen molar-refractivity contribution in [2.24, 2.45) is 0 Å². The minimum absolute atomic E-state index is 0.00639. The van der Waals surface area contributed by atoms with E-state index in [4.69, 9.17) is 16.3 Å². The van der Waals surface area contributed by atoms with Crippen LogP contribution in [0.5, 0.6) is 0 Å². The van der Waals surface area contributed by atoms with E-state index in [1.807, 2.05) is 29.2 Å². The van der Waals surface area contributed by atoms with E-state index < -0.39 is 0 Å². The number of likely N-dealkylation sites (tertiary alicyclic amines) is 1. The Morgan fingerprint density at radius 3 is 2.87 bits per heavy atom. The van der Waals surface area contributed by atoms with E-state index in [0.717, 1.165) is 31.5 Å². The number of carbonyl (C=O) groups is 1. The maximum Gasteiger partial charge on any atom is 0.240 e. The molecule has 0 bridgehead atoms. The molecule has 0 radical (unpaired) electrons. The third-order valence-electron chi connectivity index (χ3n) is 4.50. The molecule has 0 saturated carbocycles. The lowest BCUT2D eigenvalue weighted by atomic mass is 10.0. The van der Waals surface area contributed by atoms with Crippen LogP contribution in [-0.2, 0) is 16.1 Å². The molecule has 1 aromatic rings. The van der Waals surface area contributed by atoms with Crippen LogP contribution in [0.1, 0.15) is 31.7 Å². The predicted octanol–water partition coefficient (Wildman–Crippen LogP) is 3.19. The fourth-order valence-electron chi connectivity index (χ4n) is 3.16. The average molecular weight is 339 g/mol. The average Bonchev–Trinajstić information content (AvgIpc) is 2.59. The van der Waals surface area contributed by atoms with E-state index >= 15 is 0 Å². The third-order valence-corrected chi connectivity index (χ3v) is 4.87. The van der Waals surface area contributed by atoms with Gasteiger partial charge in [-0.2, -0.15) is 0 Å². The van der Waals surface area contributed by atoms with Crippen molar-refractivity contribution in [1.29, 1.82) is 0 Å². The second-order valence-corrected chi connectivity index (χ2v) is 6.39. The van der Waals surface area contributed by atoms with Crippen LogP contribution in [0.4, 0.5) is 0 Å². The molecule has 0 aromatic heterocycles. The molecular formula is C18H27ClN2O2. The van der Waals surface area contributed by atoms with Crippen LogP contribution in [0.3, 0.4) is 0 Å². The number of carbonyl (C=O) groups excluding carboxylic acids is 1. The SMILES string of the molecule is CCN1CCCC[C@@H]1C(=O)N(CCOC)Cc1ccccc1Cl.